The molecule has 1 aromatic heterocycles. The monoisotopic (exact) mass is 488 g/mol. The number of anilines is 1. The van der Waals surface area contributed by atoms with Gasteiger partial charge in [0.2, 0.25) is 5.91 Å². The van der Waals surface area contributed by atoms with Crippen LogP contribution in [0.3, 0.4) is 0 Å². The van der Waals surface area contributed by atoms with Crippen molar-refractivity contribution in [3.8, 4) is 11.3 Å². The first-order valence-electron chi connectivity index (χ1n) is 11.8. The van der Waals surface area contributed by atoms with Gasteiger partial charge in [-0.1, -0.05) is 35.7 Å². The van der Waals surface area contributed by atoms with Gasteiger partial charge >= 0.3 is 0 Å². The molecule has 1 aliphatic carbocycles. The Morgan fingerprint density at radius 3 is 2.24 bits per heavy atom. The van der Waals surface area contributed by atoms with Crippen LogP contribution in [0.1, 0.15) is 19.3 Å². The lowest BCUT2D eigenvalue weighted by atomic mass is 9.91. The minimum Gasteiger partial charge on any atom is -0.353 e. The third-order valence-corrected chi connectivity index (χ3v) is 7.92. The summed E-state index contributed by atoms with van der Waals surface area (Å²) in [5.41, 5.74) is 1.65. The number of amides is 1. The van der Waals surface area contributed by atoms with E-state index in [9.17, 15) is 4.79 Å². The van der Waals surface area contributed by atoms with Crippen LogP contribution < -0.4 is 4.90 Å². The van der Waals surface area contributed by atoms with E-state index < -0.39 is 0 Å². The molecule has 1 aromatic carbocycles. The Labute approximate surface area is 205 Å². The van der Waals surface area contributed by atoms with E-state index >= 15 is 0 Å². The second-order valence-corrected chi connectivity index (χ2v) is 9.98. The summed E-state index contributed by atoms with van der Waals surface area (Å²) in [7, 11) is 0. The zero-order chi connectivity index (χ0) is 22.8. The number of hydrogen-bond acceptors (Lipinski definition) is 6. The van der Waals surface area contributed by atoms with Crippen molar-refractivity contribution >= 4 is 34.9 Å². The molecular weight excluding hydrogens is 459 g/mol. The molecule has 1 amide bonds. The summed E-state index contributed by atoms with van der Waals surface area (Å²) in [6.45, 7) is 7.69. The minimum absolute atomic E-state index is 0.266. The normalized spacial score (nSPS) is 20.7. The van der Waals surface area contributed by atoms with Crippen molar-refractivity contribution in [3.05, 3.63) is 40.4 Å². The lowest BCUT2D eigenvalue weighted by Crippen LogP contribution is -2.56. The van der Waals surface area contributed by atoms with Gasteiger partial charge in [-0.2, -0.15) is 0 Å². The average Bonchev–Trinajstić information content (AvgIpc) is 2.81. The molecule has 2 saturated heterocycles. The Morgan fingerprint density at radius 2 is 1.64 bits per heavy atom. The fourth-order valence-electron chi connectivity index (χ4n) is 4.82. The zero-order valence-electron chi connectivity index (χ0n) is 18.8. The predicted molar refractivity (Wildman–Crippen MR) is 132 cm³/mol. The maximum absolute atomic E-state index is 12.8. The lowest BCUT2D eigenvalue weighted by Gasteiger charge is -2.43. The summed E-state index contributed by atoms with van der Waals surface area (Å²) in [6, 6.07) is 10.2. The van der Waals surface area contributed by atoms with E-state index in [0.29, 0.717) is 16.6 Å². The summed E-state index contributed by atoms with van der Waals surface area (Å²) >= 11 is 12.1. The van der Waals surface area contributed by atoms with E-state index in [1.807, 2.05) is 18.2 Å². The zero-order valence-corrected chi connectivity index (χ0v) is 20.3. The molecule has 9 heteroatoms. The van der Waals surface area contributed by atoms with E-state index in [2.05, 4.69) is 29.8 Å². The SMILES string of the molecule is O=C(CN1CCN(c2ccc(-c3ccc(Cl)c(Cl)c3)nn2)CC1)N1CCN(C2CCC2)CC1. The Hall–Kier alpha value is -1.93. The van der Waals surface area contributed by atoms with Crippen LogP contribution in [0.25, 0.3) is 11.3 Å². The van der Waals surface area contributed by atoms with Gasteiger partial charge in [0.15, 0.2) is 5.82 Å². The maximum Gasteiger partial charge on any atom is 0.236 e. The van der Waals surface area contributed by atoms with Crippen LogP contribution in [0.2, 0.25) is 10.0 Å². The predicted octanol–water partition coefficient (Wildman–Crippen LogP) is 3.27. The first-order chi connectivity index (χ1) is 16.1. The van der Waals surface area contributed by atoms with Gasteiger partial charge in [-0.3, -0.25) is 14.6 Å². The number of nitrogens with zero attached hydrogens (tertiary/aromatic N) is 6. The maximum atomic E-state index is 12.8. The van der Waals surface area contributed by atoms with Crippen LogP contribution in [0.15, 0.2) is 30.3 Å². The van der Waals surface area contributed by atoms with Crippen molar-refractivity contribution in [2.75, 3.05) is 63.8 Å². The molecule has 7 nitrogen and oxygen atoms in total. The van der Waals surface area contributed by atoms with Gasteiger partial charge in [0.25, 0.3) is 0 Å². The fraction of sp³-hybridized carbons (Fsp3) is 0.542. The number of aromatic nitrogens is 2. The molecule has 3 aliphatic rings. The Morgan fingerprint density at radius 1 is 0.879 bits per heavy atom. The van der Waals surface area contributed by atoms with Crippen molar-refractivity contribution in [3.63, 3.8) is 0 Å². The summed E-state index contributed by atoms with van der Waals surface area (Å²) < 4.78 is 0. The van der Waals surface area contributed by atoms with Gasteiger partial charge in [0, 0.05) is 64.0 Å². The molecule has 176 valence electrons. The van der Waals surface area contributed by atoms with Crippen LogP contribution in [-0.2, 0) is 4.79 Å². The van der Waals surface area contributed by atoms with E-state index in [-0.39, 0.29) is 5.91 Å². The fourth-order valence-corrected chi connectivity index (χ4v) is 5.12. The standard InChI is InChI=1S/C24H30Cl2N6O/c25-20-5-4-18(16-21(20)26)22-6-7-23(28-27-22)31-10-8-29(9-11-31)17-24(33)32-14-12-30(13-15-32)19-2-1-3-19/h4-7,16,19H,1-3,8-15,17H2. The number of hydrogen-bond donors (Lipinski definition) is 0. The smallest absolute Gasteiger partial charge is 0.236 e. The average molecular weight is 489 g/mol. The highest BCUT2D eigenvalue weighted by Crippen LogP contribution is 2.28. The molecule has 3 fully saturated rings. The van der Waals surface area contributed by atoms with Crippen LogP contribution in [0.4, 0.5) is 5.82 Å². The molecule has 0 radical (unpaired) electrons. The quantitative estimate of drug-likeness (QED) is 0.643. The summed E-state index contributed by atoms with van der Waals surface area (Å²) in [5.74, 6) is 1.12. The summed E-state index contributed by atoms with van der Waals surface area (Å²) in [5, 5.41) is 9.84. The highest BCUT2D eigenvalue weighted by Gasteiger charge is 2.30. The lowest BCUT2D eigenvalue weighted by molar-refractivity contribution is -0.134. The van der Waals surface area contributed by atoms with Gasteiger partial charge in [-0.05, 0) is 37.1 Å². The third-order valence-electron chi connectivity index (χ3n) is 7.18. The molecule has 0 N–H and O–H groups in total. The highest BCUT2D eigenvalue weighted by atomic mass is 35.5. The Kier molecular flexibility index (Phi) is 7.02. The van der Waals surface area contributed by atoms with Crippen LogP contribution in [0.5, 0.6) is 0 Å². The molecule has 3 heterocycles. The Balaban J connectivity index is 1.09. The largest absolute Gasteiger partial charge is 0.353 e. The van der Waals surface area contributed by atoms with E-state index in [4.69, 9.17) is 23.2 Å². The van der Waals surface area contributed by atoms with Crippen molar-refractivity contribution in [2.45, 2.75) is 25.3 Å². The van der Waals surface area contributed by atoms with Crippen LogP contribution >= 0.6 is 23.2 Å². The van der Waals surface area contributed by atoms with Gasteiger partial charge in [0.1, 0.15) is 0 Å². The van der Waals surface area contributed by atoms with Crippen molar-refractivity contribution in [1.29, 1.82) is 0 Å². The number of piperazine rings is 2. The molecule has 0 bridgehead atoms. The number of benzene rings is 1. The highest BCUT2D eigenvalue weighted by molar-refractivity contribution is 6.42. The second kappa shape index (κ2) is 10.1. The van der Waals surface area contributed by atoms with Gasteiger partial charge in [-0.25, -0.2) is 0 Å². The van der Waals surface area contributed by atoms with Gasteiger partial charge < -0.3 is 9.80 Å². The second-order valence-electron chi connectivity index (χ2n) is 9.17. The topological polar surface area (TPSA) is 55.8 Å². The van der Waals surface area contributed by atoms with Crippen molar-refractivity contribution in [2.24, 2.45) is 0 Å². The van der Waals surface area contributed by atoms with Crippen molar-refractivity contribution < 1.29 is 4.79 Å². The molecule has 33 heavy (non-hydrogen) atoms. The molecule has 0 atom stereocenters. The van der Waals surface area contributed by atoms with Crippen LogP contribution in [0, 0.1) is 0 Å². The molecule has 0 spiro atoms. The first-order valence-corrected chi connectivity index (χ1v) is 12.6. The molecule has 2 aromatic rings. The molecule has 5 rings (SSSR count). The number of carbonyl (C=O) groups is 1. The van der Waals surface area contributed by atoms with Crippen LogP contribution in [-0.4, -0.2) is 95.7 Å². The molecule has 2 aliphatic heterocycles. The number of rotatable bonds is 5. The van der Waals surface area contributed by atoms with E-state index in [1.54, 1.807) is 12.1 Å². The molecule has 1 saturated carbocycles. The summed E-state index contributed by atoms with van der Waals surface area (Å²) in [6.07, 6.45) is 4.03. The number of carbonyl (C=O) groups excluding carboxylic acids is 1. The molecular formula is C24H30Cl2N6O. The first kappa shape index (κ1) is 22.8. The third kappa shape index (κ3) is 5.27. The van der Waals surface area contributed by atoms with E-state index in [1.165, 1.54) is 19.3 Å². The van der Waals surface area contributed by atoms with Crippen molar-refractivity contribution in [1.82, 2.24) is 24.9 Å². The summed E-state index contributed by atoms with van der Waals surface area (Å²) in [4.78, 5) is 21.9. The Bertz CT molecular complexity index is 967. The molecule has 0 unspecified atom stereocenters. The van der Waals surface area contributed by atoms with E-state index in [0.717, 1.165) is 75.5 Å². The van der Waals surface area contributed by atoms with Gasteiger partial charge in [-0.15, -0.1) is 10.2 Å². The minimum atomic E-state index is 0.266. The van der Waals surface area contributed by atoms with Gasteiger partial charge in [0.05, 0.1) is 22.3 Å². The number of halogens is 2.